The number of halogens is 1. The maximum absolute atomic E-state index is 10.6. The van der Waals surface area contributed by atoms with Gasteiger partial charge in [0, 0.05) is 22.7 Å². The van der Waals surface area contributed by atoms with Crippen molar-refractivity contribution in [2.24, 2.45) is 0 Å². The summed E-state index contributed by atoms with van der Waals surface area (Å²) < 4.78 is 5.44. The van der Waals surface area contributed by atoms with Crippen LogP contribution in [-0.4, -0.2) is 10.5 Å². The number of nitrogens with zero attached hydrogens (tertiary/aromatic N) is 1. The minimum absolute atomic E-state index is 0.0217. The van der Waals surface area contributed by atoms with Gasteiger partial charge in [0.15, 0.2) is 0 Å². The van der Waals surface area contributed by atoms with Gasteiger partial charge in [-0.05, 0) is 19.9 Å². The van der Waals surface area contributed by atoms with Crippen molar-refractivity contribution >= 4 is 17.3 Å². The van der Waals surface area contributed by atoms with Crippen LogP contribution < -0.4 is 0 Å². The first-order valence-corrected chi connectivity index (χ1v) is 5.28. The molecule has 0 aliphatic rings. The van der Waals surface area contributed by atoms with Gasteiger partial charge in [-0.15, -0.1) is 6.42 Å². The second-order valence-corrected chi connectivity index (χ2v) is 4.38. The maximum Gasteiger partial charge on any atom is 0.269 e. The van der Waals surface area contributed by atoms with E-state index in [-0.39, 0.29) is 12.3 Å². The molecule has 0 fully saturated rings. The molecule has 4 nitrogen and oxygen atoms in total. The van der Waals surface area contributed by atoms with Crippen LogP contribution in [-0.2, 0) is 11.3 Å². The summed E-state index contributed by atoms with van der Waals surface area (Å²) in [6.45, 7) is 3.61. The summed E-state index contributed by atoms with van der Waals surface area (Å²) in [6, 6.07) is 4.20. The van der Waals surface area contributed by atoms with Gasteiger partial charge in [-0.25, -0.2) is 0 Å². The average Bonchev–Trinajstić information content (AvgIpc) is 2.27. The van der Waals surface area contributed by atoms with Crippen molar-refractivity contribution in [3.8, 4) is 12.3 Å². The van der Waals surface area contributed by atoms with E-state index in [2.05, 4.69) is 5.92 Å². The molecule has 1 aromatic rings. The highest BCUT2D eigenvalue weighted by Crippen LogP contribution is 2.24. The van der Waals surface area contributed by atoms with Gasteiger partial charge in [0.25, 0.3) is 5.69 Å². The van der Waals surface area contributed by atoms with Crippen molar-refractivity contribution in [1.82, 2.24) is 0 Å². The van der Waals surface area contributed by atoms with Crippen molar-refractivity contribution in [2.75, 3.05) is 0 Å². The zero-order valence-corrected chi connectivity index (χ0v) is 10.3. The maximum atomic E-state index is 10.6. The van der Waals surface area contributed by atoms with Crippen molar-refractivity contribution in [2.45, 2.75) is 26.1 Å². The molecule has 0 aliphatic carbocycles. The predicted molar refractivity (Wildman–Crippen MR) is 65.8 cm³/mol. The van der Waals surface area contributed by atoms with E-state index in [1.807, 2.05) is 0 Å². The molecule has 1 rings (SSSR count). The molecule has 0 spiro atoms. The van der Waals surface area contributed by atoms with Crippen LogP contribution in [0.1, 0.15) is 19.4 Å². The Labute approximate surface area is 105 Å². The third-order valence-electron chi connectivity index (χ3n) is 2.18. The van der Waals surface area contributed by atoms with E-state index in [0.717, 1.165) is 0 Å². The first-order valence-electron chi connectivity index (χ1n) is 4.90. The van der Waals surface area contributed by atoms with Crippen LogP contribution in [0, 0.1) is 22.5 Å². The van der Waals surface area contributed by atoms with Gasteiger partial charge < -0.3 is 4.74 Å². The molecule has 0 atom stereocenters. The second kappa shape index (κ2) is 5.17. The number of benzene rings is 1. The van der Waals surface area contributed by atoms with Crippen LogP contribution in [0.2, 0.25) is 5.02 Å². The van der Waals surface area contributed by atoms with Crippen LogP contribution in [0.3, 0.4) is 0 Å². The van der Waals surface area contributed by atoms with E-state index in [4.69, 9.17) is 22.8 Å². The molecule has 0 heterocycles. The number of ether oxygens (including phenoxy) is 1. The topological polar surface area (TPSA) is 52.4 Å². The zero-order valence-electron chi connectivity index (χ0n) is 9.57. The van der Waals surface area contributed by atoms with Gasteiger partial charge >= 0.3 is 0 Å². The summed E-state index contributed by atoms with van der Waals surface area (Å²) in [5, 5.41) is 11.0. The highest BCUT2D eigenvalue weighted by Gasteiger charge is 2.16. The monoisotopic (exact) mass is 253 g/mol. The summed E-state index contributed by atoms with van der Waals surface area (Å²) in [4.78, 5) is 10.1. The summed E-state index contributed by atoms with van der Waals surface area (Å²) in [7, 11) is 0. The lowest BCUT2D eigenvalue weighted by Crippen LogP contribution is -2.21. The molecule has 0 aliphatic heterocycles. The Hall–Kier alpha value is -1.57. The summed E-state index contributed by atoms with van der Waals surface area (Å²) >= 11 is 5.92. The molecule has 0 N–H and O–H groups in total. The highest BCUT2D eigenvalue weighted by atomic mass is 35.5. The molecule has 1 aromatic carbocycles. The van der Waals surface area contributed by atoms with Crippen LogP contribution in [0.15, 0.2) is 18.2 Å². The lowest BCUT2D eigenvalue weighted by atomic mass is 10.1. The number of non-ortho nitro benzene ring substituents is 1. The predicted octanol–water partition coefficient (Wildman–Crippen LogP) is 3.18. The quantitative estimate of drug-likeness (QED) is 0.470. The Morgan fingerprint density at radius 1 is 1.59 bits per heavy atom. The van der Waals surface area contributed by atoms with E-state index in [1.54, 1.807) is 13.8 Å². The smallest absolute Gasteiger partial charge is 0.269 e. The Bertz CT molecular complexity index is 477. The van der Waals surface area contributed by atoms with Crippen LogP contribution in [0.5, 0.6) is 0 Å². The normalized spacial score (nSPS) is 10.9. The second-order valence-electron chi connectivity index (χ2n) is 3.98. The van der Waals surface area contributed by atoms with Crippen molar-refractivity contribution in [3.05, 3.63) is 38.9 Å². The van der Waals surface area contributed by atoms with Gasteiger partial charge in [0.1, 0.15) is 5.60 Å². The van der Waals surface area contributed by atoms with E-state index in [9.17, 15) is 10.1 Å². The summed E-state index contributed by atoms with van der Waals surface area (Å²) in [6.07, 6.45) is 5.27. The van der Waals surface area contributed by atoms with Gasteiger partial charge in [-0.1, -0.05) is 17.5 Å². The first kappa shape index (κ1) is 13.5. The molecular formula is C12H12ClNO3. The largest absolute Gasteiger partial charge is 0.358 e. The van der Waals surface area contributed by atoms with Crippen LogP contribution >= 0.6 is 11.6 Å². The fourth-order valence-electron chi connectivity index (χ4n) is 1.09. The van der Waals surface area contributed by atoms with Gasteiger partial charge in [0.2, 0.25) is 0 Å². The number of nitro benzene ring substituents is 1. The van der Waals surface area contributed by atoms with Crippen LogP contribution in [0.25, 0.3) is 0 Å². The molecule has 0 amide bonds. The van der Waals surface area contributed by atoms with Crippen molar-refractivity contribution < 1.29 is 9.66 Å². The Kier molecular flexibility index (Phi) is 4.11. The minimum atomic E-state index is -0.728. The standard InChI is InChI=1S/C12H12ClNO3/c1-4-12(2,3)17-8-9-7-10(14(15)16)5-6-11(9)13/h1,5-7H,8H2,2-3H3. The SMILES string of the molecule is C#CC(C)(C)OCc1cc([N+](=O)[O-])ccc1Cl. The number of terminal acetylenes is 1. The molecule has 0 unspecified atom stereocenters. The van der Waals surface area contributed by atoms with E-state index in [0.29, 0.717) is 10.6 Å². The van der Waals surface area contributed by atoms with Gasteiger partial charge in [-0.2, -0.15) is 0 Å². The fraction of sp³-hybridized carbons (Fsp3) is 0.333. The fourth-order valence-corrected chi connectivity index (χ4v) is 1.26. The Morgan fingerprint density at radius 3 is 2.76 bits per heavy atom. The number of nitro groups is 1. The zero-order chi connectivity index (χ0) is 13.1. The minimum Gasteiger partial charge on any atom is -0.358 e. The molecule has 90 valence electrons. The number of hydrogen-bond donors (Lipinski definition) is 0. The molecule has 5 heteroatoms. The highest BCUT2D eigenvalue weighted by molar-refractivity contribution is 6.31. The third-order valence-corrected chi connectivity index (χ3v) is 2.54. The molecular weight excluding hydrogens is 242 g/mol. The Balaban J connectivity index is 2.88. The number of rotatable bonds is 4. The van der Waals surface area contributed by atoms with E-state index < -0.39 is 10.5 Å². The lowest BCUT2D eigenvalue weighted by molar-refractivity contribution is -0.385. The van der Waals surface area contributed by atoms with Crippen molar-refractivity contribution in [1.29, 1.82) is 0 Å². The summed E-state index contributed by atoms with van der Waals surface area (Å²) in [5.41, 5.74) is -0.204. The molecule has 0 aromatic heterocycles. The lowest BCUT2D eigenvalue weighted by Gasteiger charge is -2.18. The number of hydrogen-bond acceptors (Lipinski definition) is 3. The molecule has 0 radical (unpaired) electrons. The molecule has 0 saturated heterocycles. The third kappa shape index (κ3) is 3.74. The van der Waals surface area contributed by atoms with Crippen LogP contribution in [0.4, 0.5) is 5.69 Å². The van der Waals surface area contributed by atoms with Crippen molar-refractivity contribution in [3.63, 3.8) is 0 Å². The van der Waals surface area contributed by atoms with E-state index >= 15 is 0 Å². The van der Waals surface area contributed by atoms with E-state index in [1.165, 1.54) is 18.2 Å². The molecule has 17 heavy (non-hydrogen) atoms. The van der Waals surface area contributed by atoms with Gasteiger partial charge in [0.05, 0.1) is 11.5 Å². The van der Waals surface area contributed by atoms with Gasteiger partial charge in [-0.3, -0.25) is 10.1 Å². The molecule has 0 bridgehead atoms. The Morgan fingerprint density at radius 2 is 2.24 bits per heavy atom. The molecule has 0 saturated carbocycles. The first-order chi connectivity index (χ1) is 7.85. The average molecular weight is 254 g/mol. The summed E-state index contributed by atoms with van der Waals surface area (Å²) in [5.74, 6) is 2.47.